The number of anilines is 1. The number of hydrogen-bond acceptors (Lipinski definition) is 4. The number of aromatic nitrogens is 3. The van der Waals surface area contributed by atoms with Crippen LogP contribution >= 0.6 is 0 Å². The molecule has 2 aromatic heterocycles. The molecule has 17 heavy (non-hydrogen) atoms. The van der Waals surface area contributed by atoms with Crippen molar-refractivity contribution in [2.24, 2.45) is 0 Å². The van der Waals surface area contributed by atoms with Crippen LogP contribution in [-0.2, 0) is 19.7 Å². The second kappa shape index (κ2) is 4.18. The highest BCUT2D eigenvalue weighted by atomic mass is 16.3. The van der Waals surface area contributed by atoms with Gasteiger partial charge in [0.05, 0.1) is 18.8 Å². The first-order valence-corrected chi connectivity index (χ1v) is 5.68. The molecule has 2 aromatic rings. The van der Waals surface area contributed by atoms with Gasteiger partial charge in [-0.15, -0.1) is 0 Å². The highest BCUT2D eigenvalue weighted by Crippen LogP contribution is 2.18. The molecule has 3 heterocycles. The number of rotatable bonds is 2. The first kappa shape index (κ1) is 10.3. The van der Waals surface area contributed by atoms with E-state index in [9.17, 15) is 0 Å². The summed E-state index contributed by atoms with van der Waals surface area (Å²) in [4.78, 5) is 10.9. The van der Waals surface area contributed by atoms with Crippen LogP contribution in [0.15, 0.2) is 30.6 Å². The Hall–Kier alpha value is -1.88. The van der Waals surface area contributed by atoms with Crippen LogP contribution in [0.5, 0.6) is 0 Å². The van der Waals surface area contributed by atoms with Crippen molar-refractivity contribution in [2.45, 2.75) is 19.7 Å². The summed E-state index contributed by atoms with van der Waals surface area (Å²) < 4.78 is 2.16. The summed E-state index contributed by atoms with van der Waals surface area (Å²) in [6, 6.07) is 5.72. The van der Waals surface area contributed by atoms with Crippen LogP contribution < -0.4 is 4.90 Å². The fourth-order valence-electron chi connectivity index (χ4n) is 2.10. The summed E-state index contributed by atoms with van der Waals surface area (Å²) in [6.45, 7) is 2.61. The van der Waals surface area contributed by atoms with Crippen molar-refractivity contribution in [1.29, 1.82) is 0 Å². The molecule has 5 heteroatoms. The summed E-state index contributed by atoms with van der Waals surface area (Å²) in [7, 11) is 0. The van der Waals surface area contributed by atoms with Gasteiger partial charge >= 0.3 is 0 Å². The third-order valence-electron chi connectivity index (χ3n) is 3.02. The molecule has 0 bridgehead atoms. The smallest absolute Gasteiger partial charge is 0.129 e. The molecule has 88 valence electrons. The maximum absolute atomic E-state index is 9.09. The molecule has 3 rings (SSSR count). The van der Waals surface area contributed by atoms with Gasteiger partial charge in [-0.25, -0.2) is 9.97 Å². The summed E-state index contributed by atoms with van der Waals surface area (Å²) >= 11 is 0. The SMILES string of the molecule is OCc1cccc(N2CCn3ccnc3C2)n1. The van der Waals surface area contributed by atoms with Crippen molar-refractivity contribution in [3.63, 3.8) is 0 Å². The van der Waals surface area contributed by atoms with Crippen LogP contribution in [-0.4, -0.2) is 26.2 Å². The standard InChI is InChI=1S/C12H14N4O/c17-9-10-2-1-3-11(14-10)16-7-6-15-5-4-13-12(15)8-16/h1-5,17H,6-9H2. The van der Waals surface area contributed by atoms with Crippen LogP contribution in [0.25, 0.3) is 0 Å². The quantitative estimate of drug-likeness (QED) is 0.828. The molecular weight excluding hydrogens is 216 g/mol. The van der Waals surface area contributed by atoms with Crippen molar-refractivity contribution >= 4 is 5.82 Å². The average Bonchev–Trinajstić information content (AvgIpc) is 2.86. The van der Waals surface area contributed by atoms with Gasteiger partial charge in [0.15, 0.2) is 0 Å². The van der Waals surface area contributed by atoms with Gasteiger partial charge in [0, 0.05) is 25.5 Å². The highest BCUT2D eigenvalue weighted by molar-refractivity contribution is 5.40. The Morgan fingerprint density at radius 3 is 3.12 bits per heavy atom. The Morgan fingerprint density at radius 1 is 1.29 bits per heavy atom. The van der Waals surface area contributed by atoms with Crippen molar-refractivity contribution in [1.82, 2.24) is 14.5 Å². The number of pyridine rings is 1. The second-order valence-corrected chi connectivity index (χ2v) is 4.10. The monoisotopic (exact) mass is 230 g/mol. The Balaban J connectivity index is 1.86. The zero-order valence-corrected chi connectivity index (χ0v) is 9.45. The van der Waals surface area contributed by atoms with Crippen molar-refractivity contribution in [2.75, 3.05) is 11.4 Å². The van der Waals surface area contributed by atoms with E-state index in [0.29, 0.717) is 5.69 Å². The minimum absolute atomic E-state index is 0.0176. The topological polar surface area (TPSA) is 54.2 Å². The van der Waals surface area contributed by atoms with Gasteiger partial charge < -0.3 is 14.6 Å². The lowest BCUT2D eigenvalue weighted by Crippen LogP contribution is -2.34. The van der Waals surface area contributed by atoms with E-state index in [1.807, 2.05) is 30.6 Å². The Kier molecular flexibility index (Phi) is 2.53. The second-order valence-electron chi connectivity index (χ2n) is 4.10. The van der Waals surface area contributed by atoms with Crippen LogP contribution in [0, 0.1) is 0 Å². The number of imidazole rings is 1. The third kappa shape index (κ3) is 1.89. The minimum Gasteiger partial charge on any atom is -0.390 e. The van der Waals surface area contributed by atoms with Gasteiger partial charge in [-0.3, -0.25) is 0 Å². The molecule has 0 aromatic carbocycles. The normalized spacial score (nSPS) is 14.8. The van der Waals surface area contributed by atoms with Gasteiger partial charge in [-0.05, 0) is 12.1 Å². The van der Waals surface area contributed by atoms with Gasteiger partial charge in [0.1, 0.15) is 11.6 Å². The Bertz CT molecular complexity index is 523. The van der Waals surface area contributed by atoms with Gasteiger partial charge in [-0.2, -0.15) is 0 Å². The summed E-state index contributed by atoms with van der Waals surface area (Å²) in [5, 5.41) is 9.09. The van der Waals surface area contributed by atoms with E-state index >= 15 is 0 Å². The zero-order valence-electron chi connectivity index (χ0n) is 9.45. The largest absolute Gasteiger partial charge is 0.390 e. The molecule has 0 unspecified atom stereocenters. The molecule has 1 N–H and O–H groups in total. The molecule has 0 atom stereocenters. The van der Waals surface area contributed by atoms with Gasteiger partial charge in [-0.1, -0.05) is 6.07 Å². The number of aliphatic hydroxyl groups is 1. The van der Waals surface area contributed by atoms with Crippen LogP contribution in [0.3, 0.4) is 0 Å². The lowest BCUT2D eigenvalue weighted by molar-refractivity contribution is 0.277. The van der Waals surface area contributed by atoms with E-state index in [-0.39, 0.29) is 6.61 Å². The first-order chi connectivity index (χ1) is 8.36. The number of aliphatic hydroxyl groups excluding tert-OH is 1. The molecular formula is C12H14N4O. The number of fused-ring (bicyclic) bond motifs is 1. The van der Waals surface area contributed by atoms with Crippen molar-refractivity contribution < 1.29 is 5.11 Å². The fraction of sp³-hybridized carbons (Fsp3) is 0.333. The molecule has 0 radical (unpaired) electrons. The first-order valence-electron chi connectivity index (χ1n) is 5.68. The van der Waals surface area contributed by atoms with E-state index in [1.54, 1.807) is 0 Å². The summed E-state index contributed by atoms with van der Waals surface area (Å²) in [5.74, 6) is 1.97. The Morgan fingerprint density at radius 2 is 2.24 bits per heavy atom. The predicted octanol–water partition coefficient (Wildman–Crippen LogP) is 0.791. The zero-order chi connectivity index (χ0) is 11.7. The van der Waals surface area contributed by atoms with Crippen LogP contribution in [0.2, 0.25) is 0 Å². The Labute approximate surface area is 99.4 Å². The molecule has 0 aliphatic carbocycles. The molecule has 0 spiro atoms. The minimum atomic E-state index is -0.0176. The highest BCUT2D eigenvalue weighted by Gasteiger charge is 2.17. The van der Waals surface area contributed by atoms with Gasteiger partial charge in [0.25, 0.3) is 0 Å². The lowest BCUT2D eigenvalue weighted by Gasteiger charge is -2.28. The molecule has 0 amide bonds. The van der Waals surface area contributed by atoms with Crippen LogP contribution in [0.1, 0.15) is 11.5 Å². The maximum atomic E-state index is 9.09. The van der Waals surface area contributed by atoms with Crippen LogP contribution in [0.4, 0.5) is 5.82 Å². The van der Waals surface area contributed by atoms with Crippen molar-refractivity contribution in [3.8, 4) is 0 Å². The fourth-order valence-corrected chi connectivity index (χ4v) is 2.10. The van der Waals surface area contributed by atoms with E-state index in [0.717, 1.165) is 31.3 Å². The predicted molar refractivity (Wildman–Crippen MR) is 63.4 cm³/mol. The summed E-state index contributed by atoms with van der Waals surface area (Å²) in [5.41, 5.74) is 0.705. The third-order valence-corrected chi connectivity index (χ3v) is 3.02. The molecule has 5 nitrogen and oxygen atoms in total. The summed E-state index contributed by atoms with van der Waals surface area (Å²) in [6.07, 6.45) is 3.83. The average molecular weight is 230 g/mol. The number of nitrogens with zero attached hydrogens (tertiary/aromatic N) is 4. The number of hydrogen-bond donors (Lipinski definition) is 1. The molecule has 0 saturated carbocycles. The maximum Gasteiger partial charge on any atom is 0.129 e. The molecule has 0 saturated heterocycles. The molecule has 1 aliphatic heterocycles. The van der Waals surface area contributed by atoms with Crippen molar-refractivity contribution in [3.05, 3.63) is 42.1 Å². The van der Waals surface area contributed by atoms with E-state index in [2.05, 4.69) is 19.4 Å². The molecule has 1 aliphatic rings. The molecule has 0 fully saturated rings. The van der Waals surface area contributed by atoms with E-state index in [4.69, 9.17) is 5.11 Å². The lowest BCUT2D eigenvalue weighted by atomic mass is 10.3. The van der Waals surface area contributed by atoms with E-state index < -0.39 is 0 Å². The van der Waals surface area contributed by atoms with Gasteiger partial charge in [0.2, 0.25) is 0 Å². The van der Waals surface area contributed by atoms with E-state index in [1.165, 1.54) is 0 Å².